The lowest BCUT2D eigenvalue weighted by Crippen LogP contribution is -2.33. The Labute approximate surface area is 137 Å². The summed E-state index contributed by atoms with van der Waals surface area (Å²) in [6.45, 7) is 0. The van der Waals surface area contributed by atoms with E-state index >= 15 is 0 Å². The standard InChI is InChI=1S/C17H14N4O3/c1-24-12-8-6-11(7-9-12)15(17(22)23)20-21-16-13-4-2-3-5-14(13)18-10-19-16/h2-10H,1H3,(H,22,23)(H,18,19,21)/p-1/b20-15+. The second kappa shape index (κ2) is 6.74. The van der Waals surface area contributed by atoms with Gasteiger partial charge in [0.25, 0.3) is 0 Å². The van der Waals surface area contributed by atoms with E-state index in [1.165, 1.54) is 13.4 Å². The molecule has 7 heteroatoms. The number of ether oxygens (including phenoxy) is 1. The molecule has 0 saturated carbocycles. The zero-order valence-corrected chi connectivity index (χ0v) is 12.8. The van der Waals surface area contributed by atoms with Crippen molar-refractivity contribution in [2.24, 2.45) is 5.10 Å². The molecular formula is C17H13N4O3-. The molecule has 0 fully saturated rings. The van der Waals surface area contributed by atoms with Crippen molar-refractivity contribution in [3.8, 4) is 5.75 Å². The van der Waals surface area contributed by atoms with E-state index in [2.05, 4.69) is 20.5 Å². The van der Waals surface area contributed by atoms with Crippen molar-refractivity contribution in [2.45, 2.75) is 0 Å². The van der Waals surface area contributed by atoms with Gasteiger partial charge in [-0.15, -0.1) is 0 Å². The molecule has 0 aliphatic rings. The van der Waals surface area contributed by atoms with Gasteiger partial charge < -0.3 is 14.6 Å². The van der Waals surface area contributed by atoms with Crippen LogP contribution in [0.5, 0.6) is 5.75 Å². The molecule has 3 rings (SSSR count). The highest BCUT2D eigenvalue weighted by atomic mass is 16.5. The van der Waals surface area contributed by atoms with Crippen molar-refractivity contribution in [3.05, 3.63) is 60.4 Å². The lowest BCUT2D eigenvalue weighted by atomic mass is 10.1. The van der Waals surface area contributed by atoms with Gasteiger partial charge in [0, 0.05) is 10.9 Å². The number of hydrazone groups is 1. The van der Waals surface area contributed by atoms with E-state index in [-0.39, 0.29) is 5.71 Å². The first-order chi connectivity index (χ1) is 11.7. The van der Waals surface area contributed by atoms with E-state index in [0.717, 1.165) is 10.9 Å². The summed E-state index contributed by atoms with van der Waals surface area (Å²) in [4.78, 5) is 19.6. The molecule has 2 aromatic carbocycles. The third kappa shape index (κ3) is 3.14. The predicted octanol–water partition coefficient (Wildman–Crippen LogP) is 1.20. The molecule has 0 aliphatic carbocycles. The highest BCUT2D eigenvalue weighted by Gasteiger charge is 2.07. The topological polar surface area (TPSA) is 99.5 Å². The van der Waals surface area contributed by atoms with Crippen LogP contribution in [0.25, 0.3) is 10.9 Å². The quantitative estimate of drug-likeness (QED) is 0.560. The summed E-state index contributed by atoms with van der Waals surface area (Å²) in [6, 6.07) is 13.8. The largest absolute Gasteiger partial charge is 0.543 e. The van der Waals surface area contributed by atoms with E-state index in [0.29, 0.717) is 17.1 Å². The van der Waals surface area contributed by atoms with Crippen LogP contribution < -0.4 is 15.3 Å². The molecule has 0 atom stereocenters. The van der Waals surface area contributed by atoms with Gasteiger partial charge in [-0.2, -0.15) is 5.10 Å². The number of carbonyl (C=O) groups is 1. The van der Waals surface area contributed by atoms with Crippen molar-refractivity contribution < 1.29 is 14.6 Å². The number of fused-ring (bicyclic) bond motifs is 1. The first-order valence-electron chi connectivity index (χ1n) is 7.08. The van der Waals surface area contributed by atoms with E-state index < -0.39 is 5.97 Å². The number of rotatable bonds is 5. The average molecular weight is 321 g/mol. The molecule has 0 radical (unpaired) electrons. The Morgan fingerprint density at radius 2 is 1.88 bits per heavy atom. The summed E-state index contributed by atoms with van der Waals surface area (Å²) in [5, 5.41) is 16.1. The first kappa shape index (κ1) is 15.4. The normalized spacial score (nSPS) is 11.3. The molecule has 120 valence electrons. The minimum absolute atomic E-state index is 0.236. The Hall–Kier alpha value is -3.48. The number of carboxylic acids is 1. The van der Waals surface area contributed by atoms with Crippen molar-refractivity contribution in [2.75, 3.05) is 12.5 Å². The number of anilines is 1. The molecule has 3 aromatic rings. The van der Waals surface area contributed by atoms with Gasteiger partial charge in [0.05, 0.1) is 18.6 Å². The monoisotopic (exact) mass is 321 g/mol. The minimum atomic E-state index is -1.40. The zero-order valence-electron chi connectivity index (χ0n) is 12.8. The van der Waals surface area contributed by atoms with Crippen molar-refractivity contribution in [1.29, 1.82) is 0 Å². The smallest absolute Gasteiger partial charge is 0.157 e. The third-order valence-corrected chi connectivity index (χ3v) is 3.37. The predicted molar refractivity (Wildman–Crippen MR) is 87.7 cm³/mol. The fraction of sp³-hybridized carbons (Fsp3) is 0.0588. The lowest BCUT2D eigenvalue weighted by Gasteiger charge is -2.10. The molecule has 1 aromatic heterocycles. The van der Waals surface area contributed by atoms with Crippen LogP contribution in [0.3, 0.4) is 0 Å². The second-order valence-electron chi connectivity index (χ2n) is 4.83. The van der Waals surface area contributed by atoms with Gasteiger partial charge in [0.15, 0.2) is 5.82 Å². The van der Waals surface area contributed by atoms with Gasteiger partial charge >= 0.3 is 0 Å². The number of para-hydroxylation sites is 1. The van der Waals surface area contributed by atoms with Crippen molar-refractivity contribution >= 4 is 28.4 Å². The van der Waals surface area contributed by atoms with Crippen LogP contribution in [0.1, 0.15) is 5.56 Å². The second-order valence-corrected chi connectivity index (χ2v) is 4.83. The van der Waals surface area contributed by atoms with Crippen LogP contribution in [0, 0.1) is 0 Å². The number of benzene rings is 2. The molecule has 7 nitrogen and oxygen atoms in total. The average Bonchev–Trinajstić information content (AvgIpc) is 2.62. The maximum Gasteiger partial charge on any atom is 0.157 e. The van der Waals surface area contributed by atoms with Crippen LogP contribution in [-0.4, -0.2) is 28.8 Å². The number of aliphatic carboxylic acids is 1. The third-order valence-electron chi connectivity index (χ3n) is 3.37. The Bertz CT molecular complexity index is 902. The summed E-state index contributed by atoms with van der Waals surface area (Å²) in [6.07, 6.45) is 1.38. The number of nitrogens with zero attached hydrogens (tertiary/aromatic N) is 3. The Morgan fingerprint density at radius 3 is 2.58 bits per heavy atom. The molecule has 1 heterocycles. The first-order valence-corrected chi connectivity index (χ1v) is 7.08. The van der Waals surface area contributed by atoms with Crippen LogP contribution in [-0.2, 0) is 4.79 Å². The van der Waals surface area contributed by atoms with Crippen LogP contribution in [0.2, 0.25) is 0 Å². The fourth-order valence-electron chi connectivity index (χ4n) is 2.18. The Kier molecular flexibility index (Phi) is 4.33. The van der Waals surface area contributed by atoms with E-state index in [9.17, 15) is 9.90 Å². The SMILES string of the molecule is COc1ccc(/C(=N\Nc2ncnc3ccccc23)C(=O)[O-])cc1. The highest BCUT2D eigenvalue weighted by Crippen LogP contribution is 2.18. The summed E-state index contributed by atoms with van der Waals surface area (Å²) in [7, 11) is 1.53. The number of methoxy groups -OCH3 is 1. The number of carbonyl (C=O) groups excluding carboxylic acids is 1. The van der Waals surface area contributed by atoms with Crippen molar-refractivity contribution in [3.63, 3.8) is 0 Å². The van der Waals surface area contributed by atoms with Crippen LogP contribution >= 0.6 is 0 Å². The lowest BCUT2D eigenvalue weighted by molar-refractivity contribution is -0.294. The molecule has 0 aliphatic heterocycles. The van der Waals surface area contributed by atoms with Crippen LogP contribution in [0.15, 0.2) is 60.0 Å². The van der Waals surface area contributed by atoms with Gasteiger partial charge in [-0.3, -0.25) is 5.43 Å². The molecule has 0 bridgehead atoms. The summed E-state index contributed by atoms with van der Waals surface area (Å²) >= 11 is 0. The summed E-state index contributed by atoms with van der Waals surface area (Å²) in [5.74, 6) is -0.370. The van der Waals surface area contributed by atoms with Crippen molar-refractivity contribution in [1.82, 2.24) is 9.97 Å². The molecular weight excluding hydrogens is 308 g/mol. The maximum absolute atomic E-state index is 11.4. The molecule has 1 N–H and O–H groups in total. The molecule has 0 spiro atoms. The molecule has 0 saturated heterocycles. The Morgan fingerprint density at radius 1 is 1.12 bits per heavy atom. The van der Waals surface area contributed by atoms with Gasteiger partial charge in [0.2, 0.25) is 0 Å². The molecule has 0 unspecified atom stereocenters. The van der Waals surface area contributed by atoms with Gasteiger partial charge in [0.1, 0.15) is 17.8 Å². The summed E-state index contributed by atoms with van der Waals surface area (Å²) in [5.41, 5.74) is 3.56. The number of carboxylic acid groups (broad SMARTS) is 1. The number of aromatic nitrogens is 2. The Balaban J connectivity index is 1.95. The van der Waals surface area contributed by atoms with Gasteiger partial charge in [-0.1, -0.05) is 12.1 Å². The maximum atomic E-state index is 11.4. The van der Waals surface area contributed by atoms with E-state index in [1.54, 1.807) is 24.3 Å². The van der Waals surface area contributed by atoms with Crippen LogP contribution in [0.4, 0.5) is 5.82 Å². The number of hydrogen-bond acceptors (Lipinski definition) is 7. The molecule has 24 heavy (non-hydrogen) atoms. The van der Waals surface area contributed by atoms with Gasteiger partial charge in [-0.25, -0.2) is 9.97 Å². The number of nitrogens with one attached hydrogen (secondary N) is 1. The van der Waals surface area contributed by atoms with Gasteiger partial charge in [-0.05, 0) is 36.4 Å². The minimum Gasteiger partial charge on any atom is -0.543 e. The number of hydrogen-bond donors (Lipinski definition) is 1. The van der Waals surface area contributed by atoms with E-state index in [1.807, 2.05) is 24.3 Å². The fourth-order valence-corrected chi connectivity index (χ4v) is 2.18. The molecule has 0 amide bonds. The van der Waals surface area contributed by atoms with E-state index in [4.69, 9.17) is 4.74 Å². The summed E-state index contributed by atoms with van der Waals surface area (Å²) < 4.78 is 5.05. The highest BCUT2D eigenvalue weighted by molar-refractivity contribution is 6.41. The zero-order chi connectivity index (χ0) is 16.9.